The fraction of sp³-hybridized carbons (Fsp3) is 1.00. The first kappa shape index (κ1) is 24.8. The van der Waals surface area contributed by atoms with Crippen molar-refractivity contribution >= 4 is 0 Å². The molecule has 0 saturated carbocycles. The van der Waals surface area contributed by atoms with Crippen LogP contribution in [0.4, 0.5) is 0 Å². The molecule has 1 saturated heterocycles. The lowest BCUT2D eigenvalue weighted by Gasteiger charge is -2.39. The third-order valence-corrected chi connectivity index (χ3v) is 5.00. The van der Waals surface area contributed by atoms with Crippen LogP contribution in [0, 0.1) is 0 Å². The summed E-state index contributed by atoms with van der Waals surface area (Å²) in [4.78, 5) is 0. The lowest BCUT2D eigenvalue weighted by Crippen LogP contribution is -2.59. The zero-order valence-electron chi connectivity index (χ0n) is 16.8. The van der Waals surface area contributed by atoms with Crippen molar-refractivity contribution in [3.05, 3.63) is 0 Å². The van der Waals surface area contributed by atoms with Crippen LogP contribution in [0.5, 0.6) is 0 Å². The summed E-state index contributed by atoms with van der Waals surface area (Å²) in [5.41, 5.74) is 0. The van der Waals surface area contributed by atoms with E-state index in [0.29, 0.717) is 13.2 Å². The van der Waals surface area contributed by atoms with Gasteiger partial charge in [-0.05, 0) is 6.42 Å². The normalized spacial score (nSPS) is 28.6. The van der Waals surface area contributed by atoms with Gasteiger partial charge in [0.1, 0.15) is 24.4 Å². The Bertz CT molecular complexity index is 340. The van der Waals surface area contributed by atoms with Crippen molar-refractivity contribution in [2.24, 2.45) is 0 Å². The van der Waals surface area contributed by atoms with Gasteiger partial charge in [0.05, 0.1) is 19.8 Å². The SMILES string of the molecule is CCCCCCCCCCCCOCCO[C@@H]1O[C@H](CO)[C@H](O)[C@H](O)[C@H]1O. The van der Waals surface area contributed by atoms with Gasteiger partial charge in [-0.3, -0.25) is 0 Å². The van der Waals surface area contributed by atoms with Gasteiger partial charge in [-0.1, -0.05) is 64.7 Å². The van der Waals surface area contributed by atoms with E-state index in [-0.39, 0.29) is 6.61 Å². The van der Waals surface area contributed by atoms with Crippen molar-refractivity contribution in [2.45, 2.75) is 102 Å². The number of hydrogen-bond acceptors (Lipinski definition) is 7. The van der Waals surface area contributed by atoms with E-state index < -0.39 is 37.3 Å². The van der Waals surface area contributed by atoms with Crippen LogP contribution in [0.25, 0.3) is 0 Å². The molecule has 1 aliphatic rings. The van der Waals surface area contributed by atoms with Gasteiger partial charge in [-0.25, -0.2) is 0 Å². The van der Waals surface area contributed by atoms with E-state index in [9.17, 15) is 15.3 Å². The molecule has 7 nitrogen and oxygen atoms in total. The van der Waals surface area contributed by atoms with Crippen LogP contribution >= 0.6 is 0 Å². The van der Waals surface area contributed by atoms with E-state index in [1.165, 1.54) is 57.8 Å². The summed E-state index contributed by atoms with van der Waals surface area (Å²) < 4.78 is 16.1. The van der Waals surface area contributed by atoms with E-state index in [1.807, 2.05) is 0 Å². The predicted octanol–water partition coefficient (Wildman–Crippen LogP) is 1.74. The predicted molar refractivity (Wildman–Crippen MR) is 102 cm³/mol. The zero-order chi connectivity index (χ0) is 19.9. The molecule has 4 N–H and O–H groups in total. The highest BCUT2D eigenvalue weighted by atomic mass is 16.7. The summed E-state index contributed by atoms with van der Waals surface area (Å²) in [5.74, 6) is 0. The fourth-order valence-electron chi connectivity index (χ4n) is 3.22. The van der Waals surface area contributed by atoms with E-state index >= 15 is 0 Å². The van der Waals surface area contributed by atoms with Crippen molar-refractivity contribution < 1.29 is 34.6 Å². The summed E-state index contributed by atoms with van der Waals surface area (Å²) >= 11 is 0. The van der Waals surface area contributed by atoms with E-state index in [4.69, 9.17) is 19.3 Å². The van der Waals surface area contributed by atoms with Crippen LogP contribution in [-0.2, 0) is 14.2 Å². The number of ether oxygens (including phenoxy) is 3. The van der Waals surface area contributed by atoms with E-state index in [2.05, 4.69) is 6.92 Å². The quantitative estimate of drug-likeness (QED) is 0.296. The minimum atomic E-state index is -1.41. The number of hydrogen-bond donors (Lipinski definition) is 4. The Hall–Kier alpha value is -0.280. The second-order valence-electron chi connectivity index (χ2n) is 7.36. The third-order valence-electron chi connectivity index (χ3n) is 5.00. The zero-order valence-corrected chi connectivity index (χ0v) is 16.8. The molecule has 0 spiro atoms. The molecule has 0 bridgehead atoms. The molecular weight excluding hydrogens is 352 g/mol. The van der Waals surface area contributed by atoms with E-state index in [1.54, 1.807) is 0 Å². The average molecular weight is 393 g/mol. The first-order chi connectivity index (χ1) is 13.1. The van der Waals surface area contributed by atoms with Crippen LogP contribution < -0.4 is 0 Å². The minimum Gasteiger partial charge on any atom is -0.394 e. The van der Waals surface area contributed by atoms with Crippen LogP contribution in [0.3, 0.4) is 0 Å². The number of aliphatic hydroxyl groups excluding tert-OH is 4. The Morgan fingerprint density at radius 1 is 0.704 bits per heavy atom. The van der Waals surface area contributed by atoms with Gasteiger partial charge in [0.15, 0.2) is 6.29 Å². The molecule has 0 aromatic rings. The Morgan fingerprint density at radius 3 is 1.89 bits per heavy atom. The highest BCUT2D eigenvalue weighted by molar-refractivity contribution is 4.88. The lowest BCUT2D eigenvalue weighted by molar-refractivity contribution is -0.302. The Labute approximate surface area is 163 Å². The topological polar surface area (TPSA) is 109 Å². The molecule has 0 aromatic heterocycles. The van der Waals surface area contributed by atoms with Crippen molar-refractivity contribution in [3.8, 4) is 0 Å². The molecule has 162 valence electrons. The first-order valence-corrected chi connectivity index (χ1v) is 10.6. The second kappa shape index (κ2) is 15.6. The lowest BCUT2D eigenvalue weighted by atomic mass is 9.99. The molecule has 1 aliphatic heterocycles. The van der Waals surface area contributed by atoms with Crippen molar-refractivity contribution in [1.82, 2.24) is 0 Å². The van der Waals surface area contributed by atoms with Gasteiger partial charge < -0.3 is 34.6 Å². The molecule has 0 amide bonds. The highest BCUT2D eigenvalue weighted by Gasteiger charge is 2.43. The largest absolute Gasteiger partial charge is 0.394 e. The van der Waals surface area contributed by atoms with Crippen molar-refractivity contribution in [2.75, 3.05) is 26.4 Å². The van der Waals surface area contributed by atoms with Gasteiger partial charge in [0.2, 0.25) is 0 Å². The number of rotatable bonds is 16. The maximum atomic E-state index is 9.84. The minimum absolute atomic E-state index is 0.209. The van der Waals surface area contributed by atoms with Gasteiger partial charge in [0.25, 0.3) is 0 Å². The summed E-state index contributed by atoms with van der Waals surface area (Å²) in [5, 5.41) is 38.3. The number of aliphatic hydroxyl groups is 4. The van der Waals surface area contributed by atoms with Gasteiger partial charge in [0, 0.05) is 6.61 Å². The van der Waals surface area contributed by atoms with Gasteiger partial charge >= 0.3 is 0 Å². The Kier molecular flexibility index (Phi) is 14.3. The number of unbranched alkanes of at least 4 members (excludes halogenated alkanes) is 9. The molecule has 1 fully saturated rings. The van der Waals surface area contributed by atoms with Crippen molar-refractivity contribution in [3.63, 3.8) is 0 Å². The smallest absolute Gasteiger partial charge is 0.186 e. The molecule has 7 heteroatoms. The summed E-state index contributed by atoms with van der Waals surface area (Å²) in [7, 11) is 0. The third kappa shape index (κ3) is 10.2. The summed E-state index contributed by atoms with van der Waals surface area (Å²) in [6.07, 6.45) is 6.66. The average Bonchev–Trinajstić information content (AvgIpc) is 2.68. The molecule has 5 atom stereocenters. The Morgan fingerprint density at radius 2 is 1.30 bits per heavy atom. The second-order valence-corrected chi connectivity index (χ2v) is 7.36. The van der Waals surface area contributed by atoms with Gasteiger partial charge in [-0.15, -0.1) is 0 Å². The first-order valence-electron chi connectivity index (χ1n) is 10.6. The molecule has 1 heterocycles. The van der Waals surface area contributed by atoms with Crippen molar-refractivity contribution in [1.29, 1.82) is 0 Å². The van der Waals surface area contributed by atoms with Crippen LogP contribution in [-0.4, -0.2) is 77.6 Å². The molecule has 0 aliphatic carbocycles. The molecule has 0 radical (unpaired) electrons. The molecule has 0 aromatic carbocycles. The highest BCUT2D eigenvalue weighted by Crippen LogP contribution is 2.21. The fourth-order valence-corrected chi connectivity index (χ4v) is 3.22. The maximum absolute atomic E-state index is 9.84. The Balaban J connectivity index is 1.92. The van der Waals surface area contributed by atoms with E-state index in [0.717, 1.165) is 6.42 Å². The van der Waals surface area contributed by atoms with Crippen LogP contribution in [0.1, 0.15) is 71.1 Å². The summed E-state index contributed by atoms with van der Waals surface area (Å²) in [6, 6.07) is 0. The molecule has 1 rings (SSSR count). The molecule has 27 heavy (non-hydrogen) atoms. The molecule has 0 unspecified atom stereocenters. The van der Waals surface area contributed by atoms with Crippen LogP contribution in [0.15, 0.2) is 0 Å². The monoisotopic (exact) mass is 392 g/mol. The maximum Gasteiger partial charge on any atom is 0.186 e. The standard InChI is InChI=1S/C20H40O7/c1-2-3-4-5-6-7-8-9-10-11-12-25-13-14-26-20-19(24)18(23)17(22)16(15-21)27-20/h16-24H,2-15H2,1H3/t16-,17+,18+,19-,20-/m1/s1. The molecular formula is C20H40O7. The van der Waals surface area contributed by atoms with Gasteiger partial charge in [-0.2, -0.15) is 0 Å². The summed E-state index contributed by atoms with van der Waals surface area (Å²) in [6.45, 7) is 3.03. The van der Waals surface area contributed by atoms with Crippen LogP contribution in [0.2, 0.25) is 0 Å².